The van der Waals surface area contributed by atoms with Gasteiger partial charge in [0.15, 0.2) is 0 Å². The molecule has 1 amide bonds. The molecule has 1 fully saturated rings. The summed E-state index contributed by atoms with van der Waals surface area (Å²) in [6, 6.07) is 11.8. The average molecular weight is 308 g/mol. The molecule has 0 radical (unpaired) electrons. The van der Waals surface area contributed by atoms with Gasteiger partial charge in [-0.25, -0.2) is 4.98 Å². The molecule has 3 rings (SSSR count). The fourth-order valence-electron chi connectivity index (χ4n) is 3.17. The lowest BCUT2D eigenvalue weighted by atomic mass is 9.96. The van der Waals surface area contributed by atoms with Crippen molar-refractivity contribution in [2.24, 2.45) is 5.92 Å². The zero-order chi connectivity index (χ0) is 16.4. The summed E-state index contributed by atoms with van der Waals surface area (Å²) < 4.78 is 0. The number of para-hydroxylation sites is 1. The molecule has 0 saturated carbocycles. The summed E-state index contributed by atoms with van der Waals surface area (Å²) in [5, 5.41) is 10.3. The number of amides is 1. The fraction of sp³-hybridized carbons (Fsp3) is 0.389. The van der Waals surface area contributed by atoms with Gasteiger partial charge in [-0.3, -0.25) is 4.79 Å². The van der Waals surface area contributed by atoms with Gasteiger partial charge in [0.25, 0.3) is 0 Å². The SMILES string of the molecule is CN(C)C(=O)C1CCCN(c2cc(C#N)c3ccccc3n2)C1. The van der Waals surface area contributed by atoms with E-state index < -0.39 is 0 Å². The standard InChI is InChI=1S/C18H20N4O/c1-21(2)18(23)13-6-5-9-22(12-13)17-10-14(11-19)15-7-3-4-8-16(15)20-17/h3-4,7-8,10,13H,5-6,9,12H2,1-2H3. The zero-order valence-corrected chi connectivity index (χ0v) is 13.5. The maximum absolute atomic E-state index is 12.2. The van der Waals surface area contributed by atoms with Gasteiger partial charge in [0, 0.05) is 32.6 Å². The molecular formula is C18H20N4O. The highest BCUT2D eigenvalue weighted by molar-refractivity contribution is 5.86. The molecular weight excluding hydrogens is 288 g/mol. The number of carbonyl (C=O) groups is 1. The van der Waals surface area contributed by atoms with Crippen LogP contribution in [0.5, 0.6) is 0 Å². The van der Waals surface area contributed by atoms with E-state index in [1.807, 2.05) is 30.3 Å². The second-order valence-electron chi connectivity index (χ2n) is 6.17. The highest BCUT2D eigenvalue weighted by atomic mass is 16.2. The van der Waals surface area contributed by atoms with Gasteiger partial charge in [0.1, 0.15) is 5.82 Å². The van der Waals surface area contributed by atoms with Crippen molar-refractivity contribution in [3.05, 3.63) is 35.9 Å². The van der Waals surface area contributed by atoms with Crippen LogP contribution in [0.2, 0.25) is 0 Å². The van der Waals surface area contributed by atoms with Gasteiger partial charge in [-0.1, -0.05) is 18.2 Å². The Kier molecular flexibility index (Phi) is 4.16. The van der Waals surface area contributed by atoms with Crippen LogP contribution in [0, 0.1) is 17.2 Å². The normalized spacial score (nSPS) is 17.8. The minimum Gasteiger partial charge on any atom is -0.356 e. The smallest absolute Gasteiger partial charge is 0.226 e. The average Bonchev–Trinajstić information content (AvgIpc) is 2.60. The topological polar surface area (TPSA) is 60.2 Å². The van der Waals surface area contributed by atoms with Crippen molar-refractivity contribution in [2.75, 3.05) is 32.1 Å². The molecule has 1 saturated heterocycles. The summed E-state index contributed by atoms with van der Waals surface area (Å²) in [4.78, 5) is 20.7. The third-order valence-corrected chi connectivity index (χ3v) is 4.36. The first-order chi connectivity index (χ1) is 11.1. The maximum Gasteiger partial charge on any atom is 0.226 e. The lowest BCUT2D eigenvalue weighted by Gasteiger charge is -2.34. The molecule has 1 aromatic heterocycles. The summed E-state index contributed by atoms with van der Waals surface area (Å²) in [7, 11) is 3.59. The molecule has 1 aliphatic heterocycles. The van der Waals surface area contributed by atoms with E-state index in [9.17, 15) is 10.1 Å². The number of benzene rings is 1. The molecule has 23 heavy (non-hydrogen) atoms. The van der Waals surface area contributed by atoms with Gasteiger partial charge < -0.3 is 9.80 Å². The Morgan fingerprint density at radius 3 is 2.91 bits per heavy atom. The second kappa shape index (κ2) is 6.25. The van der Waals surface area contributed by atoms with Crippen LogP contribution in [-0.4, -0.2) is 43.0 Å². The van der Waals surface area contributed by atoms with Crippen LogP contribution >= 0.6 is 0 Å². The third-order valence-electron chi connectivity index (χ3n) is 4.36. The predicted octanol–water partition coefficient (Wildman–Crippen LogP) is 2.41. The van der Waals surface area contributed by atoms with Crippen molar-refractivity contribution in [1.29, 1.82) is 5.26 Å². The highest BCUT2D eigenvalue weighted by Gasteiger charge is 2.27. The number of anilines is 1. The molecule has 0 aliphatic carbocycles. The van der Waals surface area contributed by atoms with Crippen molar-refractivity contribution < 1.29 is 4.79 Å². The Bertz CT molecular complexity index is 778. The van der Waals surface area contributed by atoms with E-state index in [4.69, 9.17) is 4.98 Å². The molecule has 2 aromatic rings. The molecule has 1 aromatic carbocycles. The number of pyridine rings is 1. The second-order valence-corrected chi connectivity index (χ2v) is 6.17. The van der Waals surface area contributed by atoms with E-state index in [-0.39, 0.29) is 11.8 Å². The van der Waals surface area contributed by atoms with Crippen LogP contribution in [0.4, 0.5) is 5.82 Å². The Hall–Kier alpha value is -2.61. The Morgan fingerprint density at radius 2 is 2.17 bits per heavy atom. The van der Waals surface area contributed by atoms with Gasteiger partial charge >= 0.3 is 0 Å². The lowest BCUT2D eigenvalue weighted by molar-refractivity contribution is -0.133. The number of hydrogen-bond acceptors (Lipinski definition) is 4. The first kappa shape index (κ1) is 15.3. The van der Waals surface area contributed by atoms with Crippen molar-refractivity contribution >= 4 is 22.6 Å². The number of carbonyl (C=O) groups excluding carboxylic acids is 1. The molecule has 2 heterocycles. The number of nitrogens with zero attached hydrogens (tertiary/aromatic N) is 4. The Balaban J connectivity index is 1.94. The van der Waals surface area contributed by atoms with Crippen molar-refractivity contribution in [3.63, 3.8) is 0 Å². The number of rotatable bonds is 2. The number of hydrogen-bond donors (Lipinski definition) is 0. The van der Waals surface area contributed by atoms with Gasteiger partial charge in [0.05, 0.1) is 23.1 Å². The van der Waals surface area contributed by atoms with E-state index in [0.29, 0.717) is 12.1 Å². The molecule has 1 aliphatic rings. The van der Waals surface area contributed by atoms with Gasteiger partial charge in [0.2, 0.25) is 5.91 Å². The molecule has 0 spiro atoms. The van der Waals surface area contributed by atoms with Crippen LogP contribution in [-0.2, 0) is 4.79 Å². The van der Waals surface area contributed by atoms with Crippen LogP contribution in [0.3, 0.4) is 0 Å². The molecule has 118 valence electrons. The summed E-state index contributed by atoms with van der Waals surface area (Å²) in [5.41, 5.74) is 1.45. The Labute approximate surface area is 136 Å². The van der Waals surface area contributed by atoms with Crippen molar-refractivity contribution in [3.8, 4) is 6.07 Å². The van der Waals surface area contributed by atoms with Gasteiger partial charge in [-0.15, -0.1) is 0 Å². The quantitative estimate of drug-likeness (QED) is 0.855. The predicted molar refractivity (Wildman–Crippen MR) is 90.1 cm³/mol. The summed E-state index contributed by atoms with van der Waals surface area (Å²) in [6.45, 7) is 1.53. The van der Waals surface area contributed by atoms with Crippen LogP contribution in [0.15, 0.2) is 30.3 Å². The summed E-state index contributed by atoms with van der Waals surface area (Å²) in [6.07, 6.45) is 1.87. The molecule has 0 bridgehead atoms. The third kappa shape index (κ3) is 2.98. The van der Waals surface area contributed by atoms with E-state index in [1.54, 1.807) is 19.0 Å². The highest BCUT2D eigenvalue weighted by Crippen LogP contribution is 2.26. The van der Waals surface area contributed by atoms with Gasteiger partial charge in [-0.2, -0.15) is 5.26 Å². The number of aromatic nitrogens is 1. The first-order valence-electron chi connectivity index (χ1n) is 7.86. The zero-order valence-electron chi connectivity index (χ0n) is 13.5. The molecule has 1 atom stereocenters. The molecule has 5 heteroatoms. The van der Waals surface area contributed by atoms with Crippen molar-refractivity contribution in [2.45, 2.75) is 12.8 Å². The Morgan fingerprint density at radius 1 is 1.39 bits per heavy atom. The largest absolute Gasteiger partial charge is 0.356 e. The van der Waals surface area contributed by atoms with E-state index in [2.05, 4.69) is 11.0 Å². The first-order valence-corrected chi connectivity index (χ1v) is 7.86. The summed E-state index contributed by atoms with van der Waals surface area (Å²) >= 11 is 0. The number of nitriles is 1. The minimum atomic E-state index is -0.00226. The number of piperidine rings is 1. The molecule has 0 N–H and O–H groups in total. The van der Waals surface area contributed by atoms with E-state index in [1.165, 1.54) is 0 Å². The molecule has 5 nitrogen and oxygen atoms in total. The number of fused-ring (bicyclic) bond motifs is 1. The van der Waals surface area contributed by atoms with Gasteiger partial charge in [-0.05, 0) is 25.0 Å². The molecule has 1 unspecified atom stereocenters. The van der Waals surface area contributed by atoms with E-state index >= 15 is 0 Å². The van der Waals surface area contributed by atoms with Crippen LogP contribution in [0.1, 0.15) is 18.4 Å². The fourth-order valence-corrected chi connectivity index (χ4v) is 3.17. The minimum absolute atomic E-state index is 0.00226. The van der Waals surface area contributed by atoms with Crippen molar-refractivity contribution in [1.82, 2.24) is 9.88 Å². The monoisotopic (exact) mass is 308 g/mol. The van der Waals surface area contributed by atoms with Crippen LogP contribution in [0.25, 0.3) is 10.9 Å². The lowest BCUT2D eigenvalue weighted by Crippen LogP contribution is -2.43. The van der Waals surface area contributed by atoms with E-state index in [0.717, 1.165) is 36.1 Å². The maximum atomic E-state index is 12.2. The summed E-state index contributed by atoms with van der Waals surface area (Å²) in [5.74, 6) is 0.949. The van der Waals surface area contributed by atoms with Crippen LogP contribution < -0.4 is 4.90 Å².